The summed E-state index contributed by atoms with van der Waals surface area (Å²) in [4.78, 5) is 0. The van der Waals surface area contributed by atoms with E-state index < -0.39 is 6.61 Å². The molecule has 2 aromatic carbocycles. The number of benzene rings is 2. The average molecular weight is 389 g/mol. The van der Waals surface area contributed by atoms with Crippen LogP contribution in [-0.4, -0.2) is 6.61 Å². The van der Waals surface area contributed by atoms with Crippen molar-refractivity contribution < 1.29 is 13.5 Å². The van der Waals surface area contributed by atoms with Crippen molar-refractivity contribution in [2.24, 2.45) is 0 Å². The number of ether oxygens (including phenoxy) is 1. The molecule has 0 aliphatic heterocycles. The fourth-order valence-corrected chi connectivity index (χ4v) is 2.28. The number of alkyl halides is 2. The van der Waals surface area contributed by atoms with Gasteiger partial charge in [0.25, 0.3) is 0 Å². The van der Waals surface area contributed by atoms with Gasteiger partial charge in [0.1, 0.15) is 5.75 Å². The summed E-state index contributed by atoms with van der Waals surface area (Å²) in [6.45, 7) is -0.910. The molecule has 1 N–H and O–H groups in total. The molecule has 106 valence electrons. The van der Waals surface area contributed by atoms with Crippen LogP contribution < -0.4 is 10.1 Å². The fraction of sp³-hybridized carbons (Fsp3) is 0.200. The van der Waals surface area contributed by atoms with Crippen molar-refractivity contribution in [3.63, 3.8) is 0 Å². The Kier molecular flexibility index (Phi) is 5.17. The van der Waals surface area contributed by atoms with Gasteiger partial charge in [-0.1, -0.05) is 18.2 Å². The third kappa shape index (κ3) is 4.06. The van der Waals surface area contributed by atoms with Crippen molar-refractivity contribution in [3.8, 4) is 5.75 Å². The highest BCUT2D eigenvalue weighted by molar-refractivity contribution is 14.1. The maximum absolute atomic E-state index is 12.4. The number of para-hydroxylation sites is 1. The van der Waals surface area contributed by atoms with Gasteiger partial charge in [0.15, 0.2) is 0 Å². The number of anilines is 1. The second kappa shape index (κ2) is 6.88. The molecule has 0 aliphatic rings. The zero-order valence-electron chi connectivity index (χ0n) is 10.8. The first-order valence-electron chi connectivity index (χ1n) is 6.12. The minimum absolute atomic E-state index is 0.134. The Morgan fingerprint density at radius 3 is 2.35 bits per heavy atom. The van der Waals surface area contributed by atoms with Crippen LogP contribution in [0.5, 0.6) is 5.75 Å². The molecule has 0 fully saturated rings. The molecule has 5 heteroatoms. The van der Waals surface area contributed by atoms with Gasteiger partial charge in [0.2, 0.25) is 0 Å². The van der Waals surface area contributed by atoms with Crippen molar-refractivity contribution in [2.45, 2.75) is 19.6 Å². The Labute approximate surface area is 130 Å². The van der Waals surface area contributed by atoms with Crippen LogP contribution in [0.3, 0.4) is 0 Å². The van der Waals surface area contributed by atoms with E-state index in [1.54, 1.807) is 24.3 Å². The topological polar surface area (TPSA) is 21.3 Å². The number of hydrogen-bond donors (Lipinski definition) is 1. The van der Waals surface area contributed by atoms with E-state index in [9.17, 15) is 8.78 Å². The van der Waals surface area contributed by atoms with Crippen LogP contribution in [0.2, 0.25) is 0 Å². The first-order chi connectivity index (χ1) is 9.56. The summed E-state index contributed by atoms with van der Waals surface area (Å²) in [5.41, 5.74) is 1.64. The fourth-order valence-electron chi connectivity index (χ4n) is 1.92. The largest absolute Gasteiger partial charge is 0.434 e. The lowest BCUT2D eigenvalue weighted by Gasteiger charge is -2.19. The predicted molar refractivity (Wildman–Crippen MR) is 84.3 cm³/mol. The molecule has 1 atom stereocenters. The molecule has 2 rings (SSSR count). The molecule has 0 radical (unpaired) electrons. The van der Waals surface area contributed by atoms with E-state index in [-0.39, 0.29) is 11.8 Å². The van der Waals surface area contributed by atoms with E-state index in [0.29, 0.717) is 5.56 Å². The van der Waals surface area contributed by atoms with E-state index in [1.807, 2.05) is 31.2 Å². The van der Waals surface area contributed by atoms with Crippen LogP contribution in [0.1, 0.15) is 18.5 Å². The Bertz CT molecular complexity index is 560. The summed E-state index contributed by atoms with van der Waals surface area (Å²) in [5, 5.41) is 3.27. The zero-order valence-corrected chi connectivity index (χ0v) is 13.0. The Hall–Kier alpha value is -1.37. The summed E-state index contributed by atoms with van der Waals surface area (Å²) >= 11 is 2.23. The van der Waals surface area contributed by atoms with Crippen LogP contribution in [0.15, 0.2) is 48.5 Å². The van der Waals surface area contributed by atoms with E-state index >= 15 is 0 Å². The lowest BCUT2D eigenvalue weighted by molar-refractivity contribution is -0.0505. The predicted octanol–water partition coefficient (Wildman–Crippen LogP) is 5.07. The third-order valence-corrected chi connectivity index (χ3v) is 3.55. The van der Waals surface area contributed by atoms with E-state index in [4.69, 9.17) is 0 Å². The molecule has 0 bridgehead atoms. The molecule has 0 spiro atoms. The first kappa shape index (κ1) is 15.0. The zero-order chi connectivity index (χ0) is 14.5. The highest BCUT2D eigenvalue weighted by Gasteiger charge is 2.14. The van der Waals surface area contributed by atoms with Gasteiger partial charge in [0.05, 0.1) is 6.04 Å². The van der Waals surface area contributed by atoms with Crippen LogP contribution in [0.25, 0.3) is 0 Å². The molecule has 0 saturated carbocycles. The van der Waals surface area contributed by atoms with Crippen molar-refractivity contribution in [1.29, 1.82) is 0 Å². The number of nitrogens with one attached hydrogen (secondary N) is 1. The van der Waals surface area contributed by atoms with Crippen molar-refractivity contribution >= 4 is 28.3 Å². The van der Waals surface area contributed by atoms with Crippen LogP contribution >= 0.6 is 22.6 Å². The molecule has 0 heterocycles. The summed E-state index contributed by atoms with van der Waals surface area (Å²) in [7, 11) is 0. The van der Waals surface area contributed by atoms with Gasteiger partial charge in [-0.3, -0.25) is 0 Å². The second-order valence-electron chi connectivity index (χ2n) is 4.29. The molecule has 0 amide bonds. The van der Waals surface area contributed by atoms with Gasteiger partial charge in [-0.25, -0.2) is 0 Å². The van der Waals surface area contributed by atoms with Crippen LogP contribution in [0, 0.1) is 3.57 Å². The quantitative estimate of drug-likeness (QED) is 0.722. The van der Waals surface area contributed by atoms with Crippen molar-refractivity contribution in [3.05, 3.63) is 57.7 Å². The minimum Gasteiger partial charge on any atom is -0.434 e. The maximum Gasteiger partial charge on any atom is 0.387 e. The molecule has 2 aromatic rings. The van der Waals surface area contributed by atoms with Crippen molar-refractivity contribution in [1.82, 2.24) is 0 Å². The molecule has 0 aromatic heterocycles. The van der Waals surface area contributed by atoms with E-state index in [1.165, 1.54) is 0 Å². The monoisotopic (exact) mass is 389 g/mol. The Balaban J connectivity index is 2.16. The van der Waals surface area contributed by atoms with Crippen LogP contribution in [0.4, 0.5) is 14.5 Å². The molecule has 2 nitrogen and oxygen atoms in total. The Morgan fingerprint density at radius 1 is 1.05 bits per heavy atom. The number of rotatable bonds is 5. The number of hydrogen-bond acceptors (Lipinski definition) is 2. The lowest BCUT2D eigenvalue weighted by atomic mass is 10.1. The smallest absolute Gasteiger partial charge is 0.387 e. The van der Waals surface area contributed by atoms with Gasteiger partial charge in [0, 0.05) is 14.8 Å². The highest BCUT2D eigenvalue weighted by Crippen LogP contribution is 2.28. The summed E-state index contributed by atoms with van der Waals surface area (Å²) < 4.78 is 30.5. The SMILES string of the molecule is CC(Nc1ccc(I)cc1)c1ccccc1OC(F)F. The van der Waals surface area contributed by atoms with E-state index in [0.717, 1.165) is 9.26 Å². The van der Waals surface area contributed by atoms with Gasteiger partial charge in [-0.05, 0) is 59.8 Å². The lowest BCUT2D eigenvalue weighted by Crippen LogP contribution is -2.11. The van der Waals surface area contributed by atoms with E-state index in [2.05, 4.69) is 32.6 Å². The average Bonchev–Trinajstić information content (AvgIpc) is 2.41. The summed E-state index contributed by atoms with van der Waals surface area (Å²) in [6.07, 6.45) is 0. The minimum atomic E-state index is -2.82. The highest BCUT2D eigenvalue weighted by atomic mass is 127. The maximum atomic E-state index is 12.4. The standard InChI is InChI=1S/C15H14F2INO/c1-10(19-12-8-6-11(18)7-9-12)13-4-2-3-5-14(13)20-15(16)17/h2-10,15,19H,1H3. The number of halogens is 3. The normalized spacial score (nSPS) is 12.2. The molecule has 1 unspecified atom stereocenters. The van der Waals surface area contributed by atoms with Crippen molar-refractivity contribution in [2.75, 3.05) is 5.32 Å². The van der Waals surface area contributed by atoms with Gasteiger partial charge in [-0.15, -0.1) is 0 Å². The second-order valence-corrected chi connectivity index (χ2v) is 5.53. The van der Waals surface area contributed by atoms with Crippen LogP contribution in [-0.2, 0) is 0 Å². The summed E-state index contributed by atoms with van der Waals surface area (Å²) in [6, 6.07) is 14.6. The van der Waals surface area contributed by atoms with Gasteiger partial charge in [-0.2, -0.15) is 8.78 Å². The van der Waals surface area contributed by atoms with Gasteiger partial charge >= 0.3 is 6.61 Å². The molecule has 0 saturated heterocycles. The summed E-state index contributed by atoms with van der Waals surface area (Å²) in [5.74, 6) is 0.202. The molecule has 0 aliphatic carbocycles. The van der Waals surface area contributed by atoms with Gasteiger partial charge < -0.3 is 10.1 Å². The molecular formula is C15H14F2INO. The Morgan fingerprint density at radius 2 is 1.70 bits per heavy atom. The molecular weight excluding hydrogens is 375 g/mol. The third-order valence-electron chi connectivity index (χ3n) is 2.83. The molecule has 20 heavy (non-hydrogen) atoms. The first-order valence-corrected chi connectivity index (χ1v) is 7.20.